The zero-order valence-electron chi connectivity index (χ0n) is 14.9. The number of amides is 1. The lowest BCUT2D eigenvalue weighted by Gasteiger charge is -2.10. The Balaban J connectivity index is 1.36. The number of hydrogen-bond acceptors (Lipinski definition) is 4. The minimum atomic E-state index is -0.0710. The van der Waals surface area contributed by atoms with Crippen molar-refractivity contribution in [1.29, 1.82) is 0 Å². The van der Waals surface area contributed by atoms with Crippen molar-refractivity contribution < 1.29 is 9.53 Å². The van der Waals surface area contributed by atoms with Crippen LogP contribution in [-0.2, 0) is 6.61 Å². The first-order valence-electron chi connectivity index (χ1n) is 9.06. The SMILES string of the molecule is O=C(NC1CC1)c1cncc(Nc2ccc(OCc3ccccc3)cc2)c1. The van der Waals surface area contributed by atoms with E-state index in [0.29, 0.717) is 18.2 Å². The van der Waals surface area contributed by atoms with Crippen molar-refractivity contribution in [3.05, 3.63) is 84.2 Å². The van der Waals surface area contributed by atoms with Crippen molar-refractivity contribution in [2.24, 2.45) is 0 Å². The third-order valence-corrected chi connectivity index (χ3v) is 4.30. The Labute approximate surface area is 158 Å². The van der Waals surface area contributed by atoms with Crippen LogP contribution in [0.1, 0.15) is 28.8 Å². The monoisotopic (exact) mass is 359 g/mol. The van der Waals surface area contributed by atoms with Gasteiger partial charge in [-0.3, -0.25) is 9.78 Å². The molecule has 3 aromatic rings. The van der Waals surface area contributed by atoms with Gasteiger partial charge in [-0.15, -0.1) is 0 Å². The van der Waals surface area contributed by atoms with E-state index >= 15 is 0 Å². The Morgan fingerprint density at radius 1 is 1.00 bits per heavy atom. The number of aromatic nitrogens is 1. The second-order valence-electron chi connectivity index (χ2n) is 6.63. The van der Waals surface area contributed by atoms with E-state index < -0.39 is 0 Å². The number of rotatable bonds is 7. The number of carbonyl (C=O) groups is 1. The largest absolute Gasteiger partial charge is 0.489 e. The first-order valence-corrected chi connectivity index (χ1v) is 9.06. The maximum atomic E-state index is 12.1. The summed E-state index contributed by atoms with van der Waals surface area (Å²) in [7, 11) is 0. The molecule has 1 aromatic heterocycles. The van der Waals surface area contributed by atoms with Gasteiger partial charge in [-0.2, -0.15) is 0 Å². The van der Waals surface area contributed by atoms with Crippen LogP contribution in [0.4, 0.5) is 11.4 Å². The summed E-state index contributed by atoms with van der Waals surface area (Å²) < 4.78 is 5.80. The van der Waals surface area contributed by atoms with Crippen LogP contribution in [0.15, 0.2) is 73.1 Å². The van der Waals surface area contributed by atoms with E-state index in [1.807, 2.05) is 60.7 Å². The molecule has 0 atom stereocenters. The second kappa shape index (κ2) is 7.91. The van der Waals surface area contributed by atoms with E-state index in [2.05, 4.69) is 15.6 Å². The van der Waals surface area contributed by atoms with Crippen LogP contribution in [0, 0.1) is 0 Å². The average molecular weight is 359 g/mol. The molecule has 1 heterocycles. The average Bonchev–Trinajstić information content (AvgIpc) is 3.52. The number of nitrogens with zero attached hydrogens (tertiary/aromatic N) is 1. The number of anilines is 2. The van der Waals surface area contributed by atoms with Gasteiger partial charge in [0.2, 0.25) is 0 Å². The van der Waals surface area contributed by atoms with E-state index in [0.717, 1.165) is 35.5 Å². The standard InChI is InChI=1S/C22H21N3O2/c26-22(25-19-6-7-19)17-12-20(14-23-13-17)24-18-8-10-21(11-9-18)27-15-16-4-2-1-3-5-16/h1-5,8-14,19,24H,6-7,15H2,(H,25,26). The fourth-order valence-corrected chi connectivity index (χ4v) is 2.67. The summed E-state index contributed by atoms with van der Waals surface area (Å²) in [5.74, 6) is 0.735. The highest BCUT2D eigenvalue weighted by Crippen LogP contribution is 2.22. The van der Waals surface area contributed by atoms with E-state index in [-0.39, 0.29) is 5.91 Å². The molecule has 0 spiro atoms. The van der Waals surface area contributed by atoms with Crippen molar-refractivity contribution in [1.82, 2.24) is 10.3 Å². The van der Waals surface area contributed by atoms with E-state index in [9.17, 15) is 4.79 Å². The molecule has 0 radical (unpaired) electrons. The quantitative estimate of drug-likeness (QED) is 0.660. The van der Waals surface area contributed by atoms with E-state index in [4.69, 9.17) is 4.74 Å². The Morgan fingerprint density at radius 3 is 2.52 bits per heavy atom. The number of pyridine rings is 1. The van der Waals surface area contributed by atoms with Gasteiger partial charge in [-0.1, -0.05) is 30.3 Å². The molecule has 136 valence electrons. The summed E-state index contributed by atoms with van der Waals surface area (Å²) in [6.07, 6.45) is 5.42. The first-order chi connectivity index (χ1) is 13.3. The maximum absolute atomic E-state index is 12.1. The molecule has 0 aliphatic heterocycles. The molecule has 1 aliphatic carbocycles. The normalized spacial score (nSPS) is 13.0. The molecule has 1 fully saturated rings. The lowest BCUT2D eigenvalue weighted by atomic mass is 10.2. The van der Waals surface area contributed by atoms with Gasteiger partial charge in [-0.25, -0.2) is 0 Å². The number of hydrogen-bond donors (Lipinski definition) is 2. The molecule has 0 saturated heterocycles. The second-order valence-corrected chi connectivity index (χ2v) is 6.63. The molecular weight excluding hydrogens is 338 g/mol. The van der Waals surface area contributed by atoms with Gasteiger partial charge in [0.25, 0.3) is 5.91 Å². The zero-order chi connectivity index (χ0) is 18.5. The van der Waals surface area contributed by atoms with Crippen molar-refractivity contribution in [3.63, 3.8) is 0 Å². The molecule has 5 nitrogen and oxygen atoms in total. The minimum absolute atomic E-state index is 0.0710. The third-order valence-electron chi connectivity index (χ3n) is 4.30. The van der Waals surface area contributed by atoms with Crippen molar-refractivity contribution in [3.8, 4) is 5.75 Å². The van der Waals surface area contributed by atoms with Crippen LogP contribution in [0.5, 0.6) is 5.75 Å². The van der Waals surface area contributed by atoms with Crippen LogP contribution >= 0.6 is 0 Å². The predicted octanol–water partition coefficient (Wildman–Crippen LogP) is 4.30. The fraction of sp³-hybridized carbons (Fsp3) is 0.182. The molecule has 27 heavy (non-hydrogen) atoms. The highest BCUT2D eigenvalue weighted by atomic mass is 16.5. The molecule has 4 rings (SSSR count). The number of ether oxygens (including phenoxy) is 1. The smallest absolute Gasteiger partial charge is 0.253 e. The topological polar surface area (TPSA) is 63.2 Å². The van der Waals surface area contributed by atoms with Crippen molar-refractivity contribution >= 4 is 17.3 Å². The van der Waals surface area contributed by atoms with Gasteiger partial charge < -0.3 is 15.4 Å². The minimum Gasteiger partial charge on any atom is -0.489 e. The highest BCUT2D eigenvalue weighted by molar-refractivity contribution is 5.95. The van der Waals surface area contributed by atoms with Crippen LogP contribution in [-0.4, -0.2) is 16.9 Å². The summed E-state index contributed by atoms with van der Waals surface area (Å²) in [6, 6.07) is 19.9. The van der Waals surface area contributed by atoms with Gasteiger partial charge in [0.15, 0.2) is 0 Å². The first kappa shape index (κ1) is 17.1. The van der Waals surface area contributed by atoms with Crippen LogP contribution in [0.3, 0.4) is 0 Å². The molecular formula is C22H21N3O2. The molecule has 0 unspecified atom stereocenters. The summed E-state index contributed by atoms with van der Waals surface area (Å²) in [5, 5.41) is 6.24. The van der Waals surface area contributed by atoms with Gasteiger partial charge in [-0.05, 0) is 48.7 Å². The van der Waals surface area contributed by atoms with E-state index in [1.54, 1.807) is 12.4 Å². The molecule has 1 aliphatic rings. The van der Waals surface area contributed by atoms with Gasteiger partial charge in [0.05, 0.1) is 17.4 Å². The van der Waals surface area contributed by atoms with Crippen LogP contribution < -0.4 is 15.4 Å². The predicted molar refractivity (Wildman–Crippen MR) is 105 cm³/mol. The Bertz CT molecular complexity index is 906. The number of benzene rings is 2. The van der Waals surface area contributed by atoms with Gasteiger partial charge in [0.1, 0.15) is 12.4 Å². The van der Waals surface area contributed by atoms with Gasteiger partial charge >= 0.3 is 0 Å². The highest BCUT2D eigenvalue weighted by Gasteiger charge is 2.23. The summed E-state index contributed by atoms with van der Waals surface area (Å²) in [6.45, 7) is 0.537. The lowest BCUT2D eigenvalue weighted by molar-refractivity contribution is 0.0950. The molecule has 1 saturated carbocycles. The van der Waals surface area contributed by atoms with Crippen molar-refractivity contribution in [2.45, 2.75) is 25.5 Å². The fourth-order valence-electron chi connectivity index (χ4n) is 2.67. The Hall–Kier alpha value is -3.34. The van der Waals surface area contributed by atoms with Crippen LogP contribution in [0.25, 0.3) is 0 Å². The summed E-state index contributed by atoms with van der Waals surface area (Å²) in [5.41, 5.74) is 3.38. The Kier molecular flexibility index (Phi) is 5.01. The number of carbonyl (C=O) groups excluding carboxylic acids is 1. The zero-order valence-corrected chi connectivity index (χ0v) is 14.9. The summed E-state index contributed by atoms with van der Waals surface area (Å²) in [4.78, 5) is 16.3. The number of nitrogens with one attached hydrogen (secondary N) is 2. The van der Waals surface area contributed by atoms with Gasteiger partial charge in [0, 0.05) is 17.9 Å². The molecule has 2 aromatic carbocycles. The summed E-state index contributed by atoms with van der Waals surface area (Å²) >= 11 is 0. The van der Waals surface area contributed by atoms with E-state index in [1.165, 1.54) is 0 Å². The molecule has 2 N–H and O–H groups in total. The lowest BCUT2D eigenvalue weighted by Crippen LogP contribution is -2.25. The molecule has 0 bridgehead atoms. The van der Waals surface area contributed by atoms with Crippen molar-refractivity contribution in [2.75, 3.05) is 5.32 Å². The van der Waals surface area contributed by atoms with Crippen LogP contribution in [0.2, 0.25) is 0 Å². The maximum Gasteiger partial charge on any atom is 0.253 e. The molecule has 5 heteroatoms. The third kappa shape index (κ3) is 4.85. The molecule has 1 amide bonds. The Morgan fingerprint density at radius 2 is 1.78 bits per heavy atom.